The molecule has 1 unspecified atom stereocenters. The van der Waals surface area contributed by atoms with Gasteiger partial charge >= 0.3 is 0 Å². The summed E-state index contributed by atoms with van der Waals surface area (Å²) in [4.78, 5) is 0. The molecule has 0 radical (unpaired) electrons. The van der Waals surface area contributed by atoms with Crippen LogP contribution in [0.4, 0.5) is 0 Å². The molecule has 82 valence electrons. The van der Waals surface area contributed by atoms with Crippen LogP contribution in [0.5, 0.6) is 0 Å². The Labute approximate surface area is 91.5 Å². The van der Waals surface area contributed by atoms with Crippen LogP contribution in [-0.2, 0) is 10.6 Å². The van der Waals surface area contributed by atoms with Gasteiger partial charge in [-0.2, -0.15) is 4.31 Å². The van der Waals surface area contributed by atoms with Gasteiger partial charge in [0, 0.05) is 19.7 Å². The van der Waals surface area contributed by atoms with Crippen molar-refractivity contribution in [1.82, 2.24) is 4.31 Å². The lowest BCUT2D eigenvalue weighted by atomic mass is 10.1. The molecule has 3 atom stereocenters. The van der Waals surface area contributed by atoms with E-state index in [0.717, 1.165) is 6.42 Å². The first kappa shape index (κ1) is 9.66. The third-order valence-corrected chi connectivity index (χ3v) is 5.29. The van der Waals surface area contributed by atoms with Crippen molar-refractivity contribution in [3.05, 3.63) is 35.4 Å². The summed E-state index contributed by atoms with van der Waals surface area (Å²) in [5.74, 6) is 0. The smallest absolute Gasteiger partial charge is 0.109 e. The molecule has 0 saturated carbocycles. The predicted octanol–water partition coefficient (Wildman–Crippen LogP) is 2.35. The Morgan fingerprint density at radius 2 is 2.20 bits per heavy atom. The first-order valence-corrected chi connectivity index (χ1v) is 6.97. The largest absolute Gasteiger partial charge is 0.286 e. The quantitative estimate of drug-likeness (QED) is 0.735. The lowest BCUT2D eigenvalue weighted by molar-refractivity contribution is 0.216. The summed E-state index contributed by atoms with van der Waals surface area (Å²) in [5, 5.41) is 0. The van der Waals surface area contributed by atoms with Gasteiger partial charge in [-0.3, -0.25) is 8.74 Å². The molecule has 0 bridgehead atoms. The van der Waals surface area contributed by atoms with Gasteiger partial charge in [-0.15, -0.1) is 10.8 Å². The van der Waals surface area contributed by atoms with E-state index >= 15 is 0 Å². The van der Waals surface area contributed by atoms with Gasteiger partial charge in [0.25, 0.3) is 0 Å². The van der Waals surface area contributed by atoms with Crippen molar-refractivity contribution in [2.24, 2.45) is 0 Å². The average molecular weight is 225 g/mol. The molecule has 1 aliphatic heterocycles. The SMILES string of the molecule is CN1[C@@H]2c3ccccc3C[C@@H]2OS1(C)O. The zero-order valence-corrected chi connectivity index (χ0v) is 9.70. The fourth-order valence-electron chi connectivity index (χ4n) is 2.57. The van der Waals surface area contributed by atoms with Crippen LogP contribution in [0.2, 0.25) is 0 Å². The molecule has 1 saturated heterocycles. The summed E-state index contributed by atoms with van der Waals surface area (Å²) in [6.07, 6.45) is 2.85. The van der Waals surface area contributed by atoms with Gasteiger partial charge in [-0.05, 0) is 11.1 Å². The van der Waals surface area contributed by atoms with Gasteiger partial charge in [-0.1, -0.05) is 24.3 Å². The number of hydrogen-bond donors (Lipinski definition) is 1. The van der Waals surface area contributed by atoms with Crippen LogP contribution >= 0.6 is 10.8 Å². The van der Waals surface area contributed by atoms with Crippen LogP contribution < -0.4 is 0 Å². The van der Waals surface area contributed by atoms with E-state index in [1.54, 1.807) is 6.26 Å². The van der Waals surface area contributed by atoms with Crippen molar-refractivity contribution in [1.29, 1.82) is 0 Å². The maximum Gasteiger partial charge on any atom is 0.109 e. The molecule has 4 heteroatoms. The molecule has 3 nitrogen and oxygen atoms in total. The Hall–Kier alpha value is -0.550. The summed E-state index contributed by atoms with van der Waals surface area (Å²) in [5.41, 5.74) is 2.67. The molecule has 1 aliphatic carbocycles. The van der Waals surface area contributed by atoms with Gasteiger partial charge in [0.05, 0.1) is 6.04 Å². The molecular weight excluding hydrogens is 210 g/mol. The first-order valence-electron chi connectivity index (χ1n) is 5.09. The standard InChI is InChI=1S/C11H15NO2S/c1-12-11-9-6-4-3-5-8(9)7-10(11)14-15(12,2)13/h3-6,10-11,13H,7H2,1-2H3/t10-,11+/m0/s1. The van der Waals surface area contributed by atoms with E-state index in [1.807, 2.05) is 11.4 Å². The minimum absolute atomic E-state index is 0.136. The summed E-state index contributed by atoms with van der Waals surface area (Å²) in [6, 6.07) is 8.64. The monoisotopic (exact) mass is 225 g/mol. The number of likely N-dealkylation sites (N-methyl/N-ethyl adjacent to an activating group) is 1. The number of nitrogens with zero attached hydrogens (tertiary/aromatic N) is 1. The molecular formula is C11H15NO2S. The van der Waals surface area contributed by atoms with E-state index in [2.05, 4.69) is 24.3 Å². The fourth-order valence-corrected chi connectivity index (χ4v) is 4.01. The highest BCUT2D eigenvalue weighted by molar-refractivity contribution is 8.22. The Kier molecular flexibility index (Phi) is 1.92. The van der Waals surface area contributed by atoms with E-state index in [1.165, 1.54) is 11.1 Å². The second-order valence-corrected chi connectivity index (χ2v) is 6.58. The molecule has 1 aromatic carbocycles. The van der Waals surface area contributed by atoms with Gasteiger partial charge in [0.1, 0.15) is 6.10 Å². The number of rotatable bonds is 0. The summed E-state index contributed by atoms with van der Waals surface area (Å²) >= 11 is 0. The summed E-state index contributed by atoms with van der Waals surface area (Å²) in [7, 11) is -0.0471. The van der Waals surface area contributed by atoms with Crippen LogP contribution in [0.3, 0.4) is 0 Å². The third kappa shape index (κ3) is 1.26. The number of benzene rings is 1. The highest BCUT2D eigenvalue weighted by Crippen LogP contribution is 2.60. The predicted molar refractivity (Wildman–Crippen MR) is 61.7 cm³/mol. The molecule has 0 amide bonds. The van der Waals surface area contributed by atoms with E-state index in [4.69, 9.17) is 4.18 Å². The average Bonchev–Trinajstić information content (AvgIpc) is 2.62. The lowest BCUT2D eigenvalue weighted by Crippen LogP contribution is -2.21. The van der Waals surface area contributed by atoms with Crippen molar-refractivity contribution >= 4 is 10.8 Å². The second kappa shape index (κ2) is 2.98. The van der Waals surface area contributed by atoms with Crippen LogP contribution in [-0.4, -0.2) is 28.3 Å². The van der Waals surface area contributed by atoms with E-state index in [0.29, 0.717) is 0 Å². The number of hydrogen-bond acceptors (Lipinski definition) is 3. The van der Waals surface area contributed by atoms with Gasteiger partial charge < -0.3 is 0 Å². The van der Waals surface area contributed by atoms with Gasteiger partial charge in [0.15, 0.2) is 0 Å². The molecule has 1 fully saturated rings. The Morgan fingerprint density at radius 1 is 1.47 bits per heavy atom. The number of fused-ring (bicyclic) bond motifs is 3. The molecule has 0 spiro atoms. The fraction of sp³-hybridized carbons (Fsp3) is 0.455. The van der Waals surface area contributed by atoms with Crippen molar-refractivity contribution in [2.45, 2.75) is 18.6 Å². The van der Waals surface area contributed by atoms with Crippen LogP contribution in [0.15, 0.2) is 24.3 Å². The first-order chi connectivity index (χ1) is 7.09. The van der Waals surface area contributed by atoms with Crippen LogP contribution in [0.25, 0.3) is 0 Å². The van der Waals surface area contributed by atoms with Crippen molar-refractivity contribution < 1.29 is 8.74 Å². The van der Waals surface area contributed by atoms with Gasteiger partial charge in [-0.25, -0.2) is 0 Å². The van der Waals surface area contributed by atoms with E-state index in [-0.39, 0.29) is 12.1 Å². The van der Waals surface area contributed by atoms with Crippen LogP contribution in [0.1, 0.15) is 17.2 Å². The van der Waals surface area contributed by atoms with Crippen molar-refractivity contribution in [2.75, 3.05) is 13.3 Å². The van der Waals surface area contributed by atoms with E-state index < -0.39 is 10.8 Å². The molecule has 3 rings (SSSR count). The minimum Gasteiger partial charge on any atom is -0.286 e. The van der Waals surface area contributed by atoms with Crippen molar-refractivity contribution in [3.8, 4) is 0 Å². The zero-order valence-electron chi connectivity index (χ0n) is 8.88. The van der Waals surface area contributed by atoms with Crippen molar-refractivity contribution in [3.63, 3.8) is 0 Å². The molecule has 2 aliphatic rings. The summed E-state index contributed by atoms with van der Waals surface area (Å²) in [6.45, 7) is 0. The highest BCUT2D eigenvalue weighted by atomic mass is 32.3. The highest BCUT2D eigenvalue weighted by Gasteiger charge is 2.47. The molecule has 1 aromatic rings. The lowest BCUT2D eigenvalue weighted by Gasteiger charge is -2.36. The van der Waals surface area contributed by atoms with Gasteiger partial charge in [0.2, 0.25) is 0 Å². The second-order valence-electron chi connectivity index (χ2n) is 4.29. The maximum atomic E-state index is 10.1. The minimum atomic E-state index is -1.99. The topological polar surface area (TPSA) is 32.7 Å². The Morgan fingerprint density at radius 3 is 3.00 bits per heavy atom. The molecule has 15 heavy (non-hydrogen) atoms. The Balaban J connectivity index is 2.05. The normalized spacial score (nSPS) is 43.4. The zero-order chi connectivity index (χ0) is 10.6. The molecule has 1 heterocycles. The van der Waals surface area contributed by atoms with E-state index in [9.17, 15) is 4.55 Å². The molecule has 1 N–H and O–H groups in total. The van der Waals surface area contributed by atoms with Crippen LogP contribution in [0, 0.1) is 0 Å². The summed E-state index contributed by atoms with van der Waals surface area (Å²) < 4.78 is 17.8. The third-order valence-electron chi connectivity index (χ3n) is 3.38. The Bertz CT molecular complexity index is 407. The molecule has 0 aromatic heterocycles. The maximum absolute atomic E-state index is 10.1.